The van der Waals surface area contributed by atoms with Crippen LogP contribution in [0.1, 0.15) is 24.0 Å². The number of ether oxygens (including phenoxy) is 1. The lowest BCUT2D eigenvalue weighted by atomic mass is 9.96. The van der Waals surface area contributed by atoms with Crippen LogP contribution in [0.5, 0.6) is 0 Å². The van der Waals surface area contributed by atoms with Gasteiger partial charge in [0.25, 0.3) is 0 Å². The summed E-state index contributed by atoms with van der Waals surface area (Å²) in [6.07, 6.45) is 1.86. The molecule has 0 aliphatic carbocycles. The molecule has 0 N–H and O–H groups in total. The zero-order valence-corrected chi connectivity index (χ0v) is 14.4. The number of cyclic esters (lactones) is 1. The first-order valence-corrected chi connectivity index (χ1v) is 9.05. The molecule has 130 valence electrons. The third-order valence-electron chi connectivity index (χ3n) is 5.30. The molecule has 2 fully saturated rings. The van der Waals surface area contributed by atoms with Crippen LogP contribution in [0, 0.1) is 0 Å². The molecule has 4 nitrogen and oxygen atoms in total. The van der Waals surface area contributed by atoms with Crippen molar-refractivity contribution < 1.29 is 9.53 Å². The fourth-order valence-corrected chi connectivity index (χ4v) is 3.96. The van der Waals surface area contributed by atoms with Gasteiger partial charge in [0.1, 0.15) is 6.61 Å². The number of carbonyl (C=O) groups is 1. The highest BCUT2D eigenvalue weighted by Crippen LogP contribution is 2.28. The van der Waals surface area contributed by atoms with Crippen molar-refractivity contribution in [2.45, 2.75) is 38.0 Å². The Bertz CT molecular complexity index is 663. The van der Waals surface area contributed by atoms with E-state index in [-0.39, 0.29) is 12.1 Å². The predicted octanol–water partition coefficient (Wildman–Crippen LogP) is 3.67. The van der Waals surface area contributed by atoms with Gasteiger partial charge in [-0.05, 0) is 24.0 Å². The number of hydrogen-bond donors (Lipinski definition) is 0. The topological polar surface area (TPSA) is 32.8 Å². The van der Waals surface area contributed by atoms with Crippen LogP contribution in [0.4, 0.5) is 4.79 Å². The molecule has 1 amide bonds. The first-order valence-electron chi connectivity index (χ1n) is 9.05. The molecule has 25 heavy (non-hydrogen) atoms. The third kappa shape index (κ3) is 3.69. The summed E-state index contributed by atoms with van der Waals surface area (Å²) in [5.74, 6) is 0. The molecule has 4 heteroatoms. The van der Waals surface area contributed by atoms with E-state index >= 15 is 0 Å². The van der Waals surface area contributed by atoms with Gasteiger partial charge in [-0.1, -0.05) is 60.7 Å². The first kappa shape index (κ1) is 16.2. The van der Waals surface area contributed by atoms with Crippen LogP contribution in [0.25, 0.3) is 0 Å². The van der Waals surface area contributed by atoms with Gasteiger partial charge < -0.3 is 9.64 Å². The molecule has 0 aromatic heterocycles. The van der Waals surface area contributed by atoms with E-state index in [2.05, 4.69) is 65.6 Å². The lowest BCUT2D eigenvalue weighted by Gasteiger charge is -2.39. The molecule has 2 heterocycles. The zero-order valence-electron chi connectivity index (χ0n) is 14.4. The average Bonchev–Trinajstić information content (AvgIpc) is 3.03. The molecule has 4 rings (SSSR count). The maximum atomic E-state index is 11.8. The van der Waals surface area contributed by atoms with Gasteiger partial charge >= 0.3 is 6.09 Å². The number of rotatable bonds is 5. The van der Waals surface area contributed by atoms with Crippen molar-refractivity contribution >= 4 is 6.09 Å². The first-order chi connectivity index (χ1) is 12.3. The highest BCUT2D eigenvalue weighted by molar-refractivity contribution is 5.70. The summed E-state index contributed by atoms with van der Waals surface area (Å²) in [4.78, 5) is 16.2. The van der Waals surface area contributed by atoms with Crippen molar-refractivity contribution in [3.8, 4) is 0 Å². The Morgan fingerprint density at radius 2 is 1.56 bits per heavy atom. The number of hydrogen-bond acceptors (Lipinski definition) is 3. The van der Waals surface area contributed by atoms with Crippen molar-refractivity contribution in [3.63, 3.8) is 0 Å². The van der Waals surface area contributed by atoms with Gasteiger partial charge in [0.05, 0.1) is 6.04 Å². The van der Waals surface area contributed by atoms with E-state index < -0.39 is 0 Å². The number of piperidine rings is 1. The highest BCUT2D eigenvalue weighted by atomic mass is 16.6. The van der Waals surface area contributed by atoms with Crippen LogP contribution in [0.2, 0.25) is 0 Å². The number of nitrogens with zero attached hydrogens (tertiary/aromatic N) is 2. The van der Waals surface area contributed by atoms with Gasteiger partial charge in [-0.25, -0.2) is 4.79 Å². The summed E-state index contributed by atoms with van der Waals surface area (Å²) < 4.78 is 5.23. The van der Waals surface area contributed by atoms with Gasteiger partial charge in [0.15, 0.2) is 0 Å². The minimum Gasteiger partial charge on any atom is -0.447 e. The Morgan fingerprint density at radius 3 is 2.16 bits per heavy atom. The van der Waals surface area contributed by atoms with Crippen molar-refractivity contribution in [1.29, 1.82) is 0 Å². The third-order valence-corrected chi connectivity index (χ3v) is 5.30. The molecule has 0 unspecified atom stereocenters. The van der Waals surface area contributed by atoms with Crippen molar-refractivity contribution in [2.75, 3.05) is 13.2 Å². The molecule has 2 saturated heterocycles. The van der Waals surface area contributed by atoms with Gasteiger partial charge in [0.2, 0.25) is 0 Å². The molecule has 2 aromatic rings. The van der Waals surface area contributed by atoms with Crippen molar-refractivity contribution in [3.05, 3.63) is 71.8 Å². The van der Waals surface area contributed by atoms with Crippen LogP contribution in [0.3, 0.4) is 0 Å². The largest absolute Gasteiger partial charge is 0.447 e. The summed E-state index contributed by atoms with van der Waals surface area (Å²) >= 11 is 0. The second-order valence-corrected chi connectivity index (χ2v) is 6.98. The smallest absolute Gasteiger partial charge is 0.410 e. The van der Waals surface area contributed by atoms with Crippen LogP contribution in [-0.4, -0.2) is 41.1 Å². The van der Waals surface area contributed by atoms with E-state index in [1.54, 1.807) is 0 Å². The lowest BCUT2D eigenvalue weighted by Crippen LogP contribution is -2.48. The number of amides is 1. The van der Waals surface area contributed by atoms with E-state index in [0.29, 0.717) is 12.6 Å². The lowest BCUT2D eigenvalue weighted by molar-refractivity contribution is 0.0903. The summed E-state index contributed by atoms with van der Waals surface area (Å²) in [5, 5.41) is 0. The van der Waals surface area contributed by atoms with Gasteiger partial charge in [-0.3, -0.25) is 4.90 Å². The Balaban J connectivity index is 1.51. The van der Waals surface area contributed by atoms with Crippen LogP contribution >= 0.6 is 0 Å². The second kappa shape index (κ2) is 7.28. The number of benzene rings is 2. The quantitative estimate of drug-likeness (QED) is 0.835. The SMILES string of the molecule is O=C1OC[C@H]2C[C@@H](N(Cc3ccccc3)Cc3ccccc3)CCN12. The Morgan fingerprint density at radius 1 is 0.960 bits per heavy atom. The summed E-state index contributed by atoms with van der Waals surface area (Å²) in [5.41, 5.74) is 2.67. The van der Waals surface area contributed by atoms with Gasteiger partial charge in [0, 0.05) is 25.7 Å². The molecule has 2 aromatic carbocycles. The molecule has 2 aliphatic rings. The number of carbonyl (C=O) groups excluding carboxylic acids is 1. The highest BCUT2D eigenvalue weighted by Gasteiger charge is 2.39. The summed E-state index contributed by atoms with van der Waals surface area (Å²) in [6.45, 7) is 3.21. The van der Waals surface area contributed by atoms with Gasteiger partial charge in [-0.2, -0.15) is 0 Å². The van der Waals surface area contributed by atoms with Crippen LogP contribution in [-0.2, 0) is 17.8 Å². The maximum absolute atomic E-state index is 11.8. The molecule has 2 aliphatic heterocycles. The monoisotopic (exact) mass is 336 g/mol. The zero-order chi connectivity index (χ0) is 17.1. The molecular weight excluding hydrogens is 312 g/mol. The normalized spacial score (nSPS) is 22.8. The van der Waals surface area contributed by atoms with Crippen molar-refractivity contribution in [1.82, 2.24) is 9.80 Å². The average molecular weight is 336 g/mol. The standard InChI is InChI=1S/C21H24N2O2/c24-21-23-12-11-19(13-20(23)16-25-21)22(14-17-7-3-1-4-8-17)15-18-9-5-2-6-10-18/h1-10,19-20H,11-16H2/t19-,20+/m0/s1. The second-order valence-electron chi connectivity index (χ2n) is 6.98. The minimum absolute atomic E-state index is 0.138. The molecule has 2 atom stereocenters. The fourth-order valence-electron chi connectivity index (χ4n) is 3.96. The number of fused-ring (bicyclic) bond motifs is 1. The van der Waals surface area contributed by atoms with E-state index in [9.17, 15) is 4.79 Å². The Hall–Kier alpha value is -2.33. The maximum Gasteiger partial charge on any atom is 0.410 e. The molecular formula is C21H24N2O2. The van der Waals surface area contributed by atoms with E-state index in [1.807, 2.05) is 4.90 Å². The van der Waals surface area contributed by atoms with E-state index in [1.165, 1.54) is 11.1 Å². The van der Waals surface area contributed by atoms with Crippen LogP contribution in [0.15, 0.2) is 60.7 Å². The predicted molar refractivity (Wildman–Crippen MR) is 97.0 cm³/mol. The minimum atomic E-state index is -0.138. The molecule has 0 spiro atoms. The van der Waals surface area contributed by atoms with Gasteiger partial charge in [-0.15, -0.1) is 0 Å². The summed E-state index contributed by atoms with van der Waals surface area (Å²) in [6, 6.07) is 22.0. The molecule has 0 saturated carbocycles. The van der Waals surface area contributed by atoms with Crippen LogP contribution < -0.4 is 0 Å². The Labute approximate surface area is 149 Å². The van der Waals surface area contributed by atoms with E-state index in [0.717, 1.165) is 32.5 Å². The molecule has 0 radical (unpaired) electrons. The fraction of sp³-hybridized carbons (Fsp3) is 0.381. The Kier molecular flexibility index (Phi) is 4.70. The van der Waals surface area contributed by atoms with E-state index in [4.69, 9.17) is 4.74 Å². The molecule has 0 bridgehead atoms. The summed E-state index contributed by atoms with van der Waals surface area (Å²) in [7, 11) is 0. The van der Waals surface area contributed by atoms with Crippen molar-refractivity contribution in [2.24, 2.45) is 0 Å².